The van der Waals surface area contributed by atoms with Crippen LogP contribution >= 0.6 is 11.8 Å². The van der Waals surface area contributed by atoms with Crippen molar-refractivity contribution in [1.82, 2.24) is 9.97 Å². The van der Waals surface area contributed by atoms with Gasteiger partial charge in [-0.1, -0.05) is 24.6 Å². The Labute approximate surface area is 87.6 Å². The van der Waals surface area contributed by atoms with Gasteiger partial charge >= 0.3 is 0 Å². The topological polar surface area (TPSA) is 49.6 Å². The van der Waals surface area contributed by atoms with Gasteiger partial charge in [-0.25, -0.2) is 9.97 Å². The van der Waals surface area contributed by atoms with Crippen LogP contribution in [0.25, 0.3) is 0 Å². The smallest absolute Gasteiger partial charge is 0.189 e. The first kappa shape index (κ1) is 9.47. The molecule has 0 aliphatic heterocycles. The van der Waals surface area contributed by atoms with E-state index in [-0.39, 0.29) is 0 Å². The molecule has 0 aromatic carbocycles. The Hall–Kier alpha value is -1.08. The average Bonchev–Trinajstić information content (AvgIpc) is 2.71. The van der Waals surface area contributed by atoms with Crippen molar-refractivity contribution in [1.29, 1.82) is 5.26 Å². The van der Waals surface area contributed by atoms with Crippen LogP contribution < -0.4 is 0 Å². The van der Waals surface area contributed by atoms with E-state index in [9.17, 15) is 0 Å². The second-order valence-corrected chi connectivity index (χ2v) is 4.63. The minimum atomic E-state index is 0.459. The summed E-state index contributed by atoms with van der Waals surface area (Å²) in [5.74, 6) is 0. The molecular formula is C10H11N3S. The minimum absolute atomic E-state index is 0.459. The van der Waals surface area contributed by atoms with Crippen molar-refractivity contribution in [3.8, 4) is 6.07 Å². The van der Waals surface area contributed by atoms with E-state index in [1.807, 2.05) is 6.07 Å². The normalized spacial score (nSPS) is 16.8. The van der Waals surface area contributed by atoms with E-state index in [0.29, 0.717) is 10.9 Å². The predicted octanol–water partition coefficient (Wildman–Crippen LogP) is 2.38. The molecule has 1 aliphatic carbocycles. The Morgan fingerprint density at radius 3 is 2.93 bits per heavy atom. The molecule has 14 heavy (non-hydrogen) atoms. The summed E-state index contributed by atoms with van der Waals surface area (Å²) in [4.78, 5) is 8.30. The molecule has 3 nitrogen and oxygen atoms in total. The van der Waals surface area contributed by atoms with Crippen LogP contribution in [0, 0.1) is 11.3 Å². The van der Waals surface area contributed by atoms with Gasteiger partial charge in [0, 0.05) is 11.4 Å². The highest BCUT2D eigenvalue weighted by molar-refractivity contribution is 7.99. The molecule has 1 aliphatic rings. The largest absolute Gasteiger partial charge is 0.231 e. The highest BCUT2D eigenvalue weighted by atomic mass is 32.2. The van der Waals surface area contributed by atoms with Crippen LogP contribution in [0.3, 0.4) is 0 Å². The van der Waals surface area contributed by atoms with Crippen LogP contribution in [-0.2, 0) is 0 Å². The first-order chi connectivity index (χ1) is 6.88. The standard InChI is InChI=1S/C10H11N3S/c11-7-8-5-6-12-10(13-8)14-9-3-1-2-4-9/h5-6,9H,1-4H2. The molecule has 1 aromatic rings. The predicted molar refractivity (Wildman–Crippen MR) is 54.9 cm³/mol. The Balaban J connectivity index is 2.05. The lowest BCUT2D eigenvalue weighted by Crippen LogP contribution is -1.97. The van der Waals surface area contributed by atoms with Gasteiger partial charge in [-0.3, -0.25) is 0 Å². The molecule has 0 bridgehead atoms. The molecule has 0 saturated heterocycles. The van der Waals surface area contributed by atoms with Gasteiger partial charge in [0.2, 0.25) is 0 Å². The SMILES string of the molecule is N#Cc1ccnc(SC2CCCC2)n1. The summed E-state index contributed by atoms with van der Waals surface area (Å²) in [6, 6.07) is 3.67. The lowest BCUT2D eigenvalue weighted by Gasteiger charge is -2.05. The summed E-state index contributed by atoms with van der Waals surface area (Å²) in [7, 11) is 0. The Kier molecular flexibility index (Phi) is 3.00. The van der Waals surface area contributed by atoms with E-state index in [1.165, 1.54) is 25.7 Å². The van der Waals surface area contributed by atoms with E-state index in [4.69, 9.17) is 5.26 Å². The van der Waals surface area contributed by atoms with Crippen molar-refractivity contribution in [2.75, 3.05) is 0 Å². The van der Waals surface area contributed by atoms with Crippen molar-refractivity contribution < 1.29 is 0 Å². The van der Waals surface area contributed by atoms with Gasteiger partial charge in [0.15, 0.2) is 5.16 Å². The van der Waals surface area contributed by atoms with Gasteiger partial charge in [0.25, 0.3) is 0 Å². The molecule has 1 fully saturated rings. The fourth-order valence-electron chi connectivity index (χ4n) is 1.62. The maximum absolute atomic E-state index is 8.67. The van der Waals surface area contributed by atoms with Gasteiger partial charge in [-0.2, -0.15) is 5.26 Å². The molecule has 0 N–H and O–H groups in total. The van der Waals surface area contributed by atoms with Crippen molar-refractivity contribution in [3.63, 3.8) is 0 Å². The molecule has 1 saturated carbocycles. The first-order valence-corrected chi connectivity index (χ1v) is 5.66. The summed E-state index contributed by atoms with van der Waals surface area (Å²) in [5.41, 5.74) is 0.459. The van der Waals surface area contributed by atoms with Gasteiger partial charge in [0.1, 0.15) is 11.8 Å². The molecule has 72 valence electrons. The molecule has 0 unspecified atom stereocenters. The second kappa shape index (κ2) is 4.43. The summed E-state index contributed by atoms with van der Waals surface area (Å²) in [6.45, 7) is 0. The van der Waals surface area contributed by atoms with E-state index >= 15 is 0 Å². The van der Waals surface area contributed by atoms with E-state index in [2.05, 4.69) is 9.97 Å². The highest BCUT2D eigenvalue weighted by Crippen LogP contribution is 2.32. The average molecular weight is 205 g/mol. The van der Waals surface area contributed by atoms with Crippen molar-refractivity contribution in [2.45, 2.75) is 36.1 Å². The lowest BCUT2D eigenvalue weighted by molar-refractivity contribution is 0.881. The van der Waals surface area contributed by atoms with Crippen LogP contribution in [0.2, 0.25) is 0 Å². The third-order valence-corrected chi connectivity index (χ3v) is 3.53. The molecule has 1 aromatic heterocycles. The monoisotopic (exact) mass is 205 g/mol. The molecule has 0 atom stereocenters. The Morgan fingerprint density at radius 2 is 2.21 bits per heavy atom. The zero-order valence-corrected chi connectivity index (χ0v) is 8.63. The number of thioether (sulfide) groups is 1. The molecule has 0 amide bonds. The summed E-state index contributed by atoms with van der Waals surface area (Å²) in [5, 5.41) is 10.1. The second-order valence-electron chi connectivity index (χ2n) is 3.36. The molecular weight excluding hydrogens is 194 g/mol. The van der Waals surface area contributed by atoms with Crippen LogP contribution in [0.5, 0.6) is 0 Å². The zero-order valence-electron chi connectivity index (χ0n) is 7.81. The third-order valence-electron chi connectivity index (χ3n) is 2.32. The van der Waals surface area contributed by atoms with Gasteiger partial charge in [-0.05, 0) is 18.9 Å². The number of hydrogen-bond acceptors (Lipinski definition) is 4. The highest BCUT2D eigenvalue weighted by Gasteiger charge is 2.17. The third kappa shape index (κ3) is 2.24. The van der Waals surface area contributed by atoms with Gasteiger partial charge in [-0.15, -0.1) is 0 Å². The molecule has 0 spiro atoms. The van der Waals surface area contributed by atoms with Crippen LogP contribution in [0.15, 0.2) is 17.4 Å². The zero-order chi connectivity index (χ0) is 9.80. The minimum Gasteiger partial charge on any atom is -0.231 e. The summed E-state index contributed by atoms with van der Waals surface area (Å²) in [6.07, 6.45) is 6.80. The van der Waals surface area contributed by atoms with Crippen molar-refractivity contribution >= 4 is 11.8 Å². The fourth-order valence-corrected chi connectivity index (χ4v) is 2.76. The Bertz CT molecular complexity index is 353. The van der Waals surface area contributed by atoms with Gasteiger partial charge < -0.3 is 0 Å². The summed E-state index contributed by atoms with van der Waals surface area (Å²) < 4.78 is 0. The van der Waals surface area contributed by atoms with Crippen LogP contribution in [0.1, 0.15) is 31.4 Å². The van der Waals surface area contributed by atoms with Crippen LogP contribution in [0.4, 0.5) is 0 Å². The summed E-state index contributed by atoms with van der Waals surface area (Å²) >= 11 is 1.71. The first-order valence-electron chi connectivity index (χ1n) is 4.78. The van der Waals surface area contributed by atoms with Crippen molar-refractivity contribution in [2.24, 2.45) is 0 Å². The number of rotatable bonds is 2. The van der Waals surface area contributed by atoms with Crippen molar-refractivity contribution in [3.05, 3.63) is 18.0 Å². The maximum Gasteiger partial charge on any atom is 0.189 e. The quantitative estimate of drug-likeness (QED) is 0.695. The number of aromatic nitrogens is 2. The van der Waals surface area contributed by atoms with E-state index in [1.54, 1.807) is 24.0 Å². The molecule has 1 heterocycles. The van der Waals surface area contributed by atoms with E-state index in [0.717, 1.165) is 5.16 Å². The molecule has 2 rings (SSSR count). The molecule has 0 radical (unpaired) electrons. The number of hydrogen-bond donors (Lipinski definition) is 0. The lowest BCUT2D eigenvalue weighted by atomic mass is 10.4. The fraction of sp³-hybridized carbons (Fsp3) is 0.500. The number of nitriles is 1. The molecule has 4 heteroatoms. The van der Waals surface area contributed by atoms with Crippen LogP contribution in [-0.4, -0.2) is 15.2 Å². The van der Waals surface area contributed by atoms with E-state index < -0.39 is 0 Å². The number of nitrogens with zero attached hydrogens (tertiary/aromatic N) is 3. The Morgan fingerprint density at radius 1 is 1.43 bits per heavy atom. The van der Waals surface area contributed by atoms with Gasteiger partial charge in [0.05, 0.1) is 0 Å². The maximum atomic E-state index is 8.67.